The fraction of sp³-hybridized carbons (Fsp3) is 0.727. The number of carboxylic acid groups (broad SMARTS) is 1. The van der Waals surface area contributed by atoms with Gasteiger partial charge in [0, 0.05) is 19.6 Å². The molecule has 0 radical (unpaired) electrons. The molecule has 1 heterocycles. The zero-order chi connectivity index (χ0) is 14.4. The van der Waals surface area contributed by atoms with Crippen LogP contribution < -0.4 is 16.4 Å². The van der Waals surface area contributed by atoms with Crippen LogP contribution in [0.5, 0.6) is 0 Å². The number of urea groups is 2. The first-order valence-electron chi connectivity index (χ1n) is 6.22. The molecular formula is C11H20N4O4. The average Bonchev–Trinajstić information content (AvgIpc) is 2.33. The van der Waals surface area contributed by atoms with Crippen molar-refractivity contribution in [3.05, 3.63) is 0 Å². The number of nitrogens with two attached hydrogens (primary N) is 1. The number of hydrogen-bond donors (Lipinski definition) is 4. The molecule has 0 aromatic rings. The zero-order valence-electron chi connectivity index (χ0n) is 10.9. The van der Waals surface area contributed by atoms with Crippen molar-refractivity contribution < 1.29 is 19.5 Å². The topological polar surface area (TPSA) is 125 Å². The van der Waals surface area contributed by atoms with E-state index in [-0.39, 0.29) is 13.1 Å². The van der Waals surface area contributed by atoms with Gasteiger partial charge in [-0.15, -0.1) is 0 Å². The predicted molar refractivity (Wildman–Crippen MR) is 67.5 cm³/mol. The second-order valence-corrected chi connectivity index (χ2v) is 4.70. The molecule has 1 fully saturated rings. The number of likely N-dealkylation sites (tertiary alicyclic amines) is 1. The Morgan fingerprint density at radius 3 is 2.53 bits per heavy atom. The first-order chi connectivity index (χ1) is 8.91. The van der Waals surface area contributed by atoms with Gasteiger partial charge in [-0.25, -0.2) is 14.4 Å². The van der Waals surface area contributed by atoms with E-state index < -0.39 is 24.1 Å². The summed E-state index contributed by atoms with van der Waals surface area (Å²) in [5.41, 5.74) is 4.88. The van der Waals surface area contributed by atoms with Gasteiger partial charge in [0.25, 0.3) is 0 Å². The van der Waals surface area contributed by atoms with E-state index in [0.29, 0.717) is 18.9 Å². The summed E-state index contributed by atoms with van der Waals surface area (Å²) in [6, 6.07) is -1.87. The van der Waals surface area contributed by atoms with Crippen molar-refractivity contribution in [1.29, 1.82) is 0 Å². The van der Waals surface area contributed by atoms with Crippen LogP contribution in [0.15, 0.2) is 0 Å². The van der Waals surface area contributed by atoms with Crippen LogP contribution in [-0.2, 0) is 4.79 Å². The summed E-state index contributed by atoms with van der Waals surface area (Å²) < 4.78 is 0. The van der Waals surface area contributed by atoms with Gasteiger partial charge in [-0.1, -0.05) is 6.92 Å². The Bertz CT molecular complexity index is 361. The van der Waals surface area contributed by atoms with Gasteiger partial charge in [0.05, 0.1) is 0 Å². The van der Waals surface area contributed by atoms with Crippen LogP contribution in [0, 0.1) is 5.92 Å². The second kappa shape index (κ2) is 6.81. The maximum absolute atomic E-state index is 11.9. The second-order valence-electron chi connectivity index (χ2n) is 4.70. The molecule has 0 bridgehead atoms. The highest BCUT2D eigenvalue weighted by Crippen LogP contribution is 2.22. The molecule has 0 aromatic carbocycles. The Kier molecular flexibility index (Phi) is 5.40. The Morgan fingerprint density at radius 2 is 1.95 bits per heavy atom. The van der Waals surface area contributed by atoms with E-state index in [0.717, 1.165) is 6.42 Å². The van der Waals surface area contributed by atoms with E-state index in [1.807, 2.05) is 6.92 Å². The normalized spacial score (nSPS) is 22.7. The molecule has 8 nitrogen and oxygen atoms in total. The molecule has 4 amide bonds. The summed E-state index contributed by atoms with van der Waals surface area (Å²) in [5, 5.41) is 14.0. The summed E-state index contributed by atoms with van der Waals surface area (Å²) >= 11 is 0. The van der Waals surface area contributed by atoms with Gasteiger partial charge < -0.3 is 26.4 Å². The molecule has 5 N–H and O–H groups in total. The van der Waals surface area contributed by atoms with Crippen LogP contribution in [0.1, 0.15) is 19.8 Å². The van der Waals surface area contributed by atoms with Gasteiger partial charge in [-0.3, -0.25) is 0 Å². The minimum atomic E-state index is -0.989. The number of carbonyl (C=O) groups excluding carboxylic acids is 2. The lowest BCUT2D eigenvalue weighted by Crippen LogP contribution is -2.54. The lowest BCUT2D eigenvalue weighted by molar-refractivity contribution is -0.143. The first-order valence-corrected chi connectivity index (χ1v) is 6.22. The van der Waals surface area contributed by atoms with E-state index in [9.17, 15) is 14.4 Å². The van der Waals surface area contributed by atoms with Crippen LogP contribution in [-0.4, -0.2) is 53.7 Å². The minimum Gasteiger partial charge on any atom is -0.480 e. The van der Waals surface area contributed by atoms with Crippen molar-refractivity contribution in [2.75, 3.05) is 19.6 Å². The first kappa shape index (κ1) is 15.1. The van der Waals surface area contributed by atoms with E-state index in [1.165, 1.54) is 4.90 Å². The van der Waals surface area contributed by atoms with Crippen molar-refractivity contribution >= 4 is 18.0 Å². The molecule has 2 unspecified atom stereocenters. The number of nitrogens with one attached hydrogen (secondary N) is 2. The number of nitrogens with zero attached hydrogens (tertiary/aromatic N) is 1. The van der Waals surface area contributed by atoms with Crippen LogP contribution >= 0.6 is 0 Å². The number of carboxylic acids is 1. The standard InChI is InChI=1S/C11H20N4O4/c1-7-2-5-15(8(6-7)9(16)17)11(19)14-4-3-13-10(12)18/h7-8H,2-6H2,1H3,(H,14,19)(H,16,17)(H3,12,13,18). The minimum absolute atomic E-state index is 0.208. The van der Waals surface area contributed by atoms with Crippen molar-refractivity contribution in [3.63, 3.8) is 0 Å². The predicted octanol–water partition coefficient (Wildman–Crippen LogP) is -0.451. The van der Waals surface area contributed by atoms with Crippen LogP contribution in [0.4, 0.5) is 9.59 Å². The largest absolute Gasteiger partial charge is 0.480 e. The molecule has 0 aromatic heterocycles. The third kappa shape index (κ3) is 4.65. The van der Waals surface area contributed by atoms with Crippen molar-refractivity contribution in [2.45, 2.75) is 25.8 Å². The monoisotopic (exact) mass is 272 g/mol. The quantitative estimate of drug-likeness (QED) is 0.517. The smallest absolute Gasteiger partial charge is 0.326 e. The molecule has 8 heteroatoms. The SMILES string of the molecule is CC1CCN(C(=O)NCCNC(N)=O)C(C(=O)O)C1. The van der Waals surface area contributed by atoms with Gasteiger partial charge in [-0.2, -0.15) is 0 Å². The van der Waals surface area contributed by atoms with E-state index in [2.05, 4.69) is 10.6 Å². The fourth-order valence-corrected chi connectivity index (χ4v) is 2.08. The number of primary amides is 1. The molecule has 108 valence electrons. The number of amides is 4. The molecule has 19 heavy (non-hydrogen) atoms. The van der Waals surface area contributed by atoms with Gasteiger partial charge in [0.15, 0.2) is 0 Å². The van der Waals surface area contributed by atoms with E-state index >= 15 is 0 Å². The third-order valence-corrected chi connectivity index (χ3v) is 3.11. The highest BCUT2D eigenvalue weighted by molar-refractivity contribution is 5.83. The third-order valence-electron chi connectivity index (χ3n) is 3.11. The highest BCUT2D eigenvalue weighted by Gasteiger charge is 2.34. The Hall–Kier alpha value is -1.99. The zero-order valence-corrected chi connectivity index (χ0v) is 10.9. The molecule has 0 saturated carbocycles. The van der Waals surface area contributed by atoms with Gasteiger partial charge in [-0.05, 0) is 18.8 Å². The van der Waals surface area contributed by atoms with Gasteiger partial charge >= 0.3 is 18.0 Å². The summed E-state index contributed by atoms with van der Waals surface area (Å²) in [4.78, 5) is 34.8. The summed E-state index contributed by atoms with van der Waals surface area (Å²) in [5.74, 6) is -0.696. The molecule has 1 saturated heterocycles. The number of rotatable bonds is 4. The maximum Gasteiger partial charge on any atom is 0.326 e. The Balaban J connectivity index is 2.45. The van der Waals surface area contributed by atoms with Gasteiger partial charge in [0.2, 0.25) is 0 Å². The van der Waals surface area contributed by atoms with Crippen LogP contribution in [0.3, 0.4) is 0 Å². The molecule has 1 aliphatic heterocycles. The number of hydrogen-bond acceptors (Lipinski definition) is 3. The van der Waals surface area contributed by atoms with E-state index in [4.69, 9.17) is 10.8 Å². The van der Waals surface area contributed by atoms with E-state index in [1.54, 1.807) is 0 Å². The highest BCUT2D eigenvalue weighted by atomic mass is 16.4. The van der Waals surface area contributed by atoms with Gasteiger partial charge in [0.1, 0.15) is 6.04 Å². The number of piperidine rings is 1. The molecule has 2 atom stereocenters. The number of carbonyl (C=O) groups is 3. The molecule has 1 rings (SSSR count). The molecular weight excluding hydrogens is 252 g/mol. The summed E-state index contributed by atoms with van der Waals surface area (Å²) in [6.07, 6.45) is 1.25. The summed E-state index contributed by atoms with van der Waals surface area (Å²) in [7, 11) is 0. The van der Waals surface area contributed by atoms with Crippen LogP contribution in [0.2, 0.25) is 0 Å². The molecule has 0 spiro atoms. The van der Waals surface area contributed by atoms with Crippen LogP contribution in [0.25, 0.3) is 0 Å². The fourth-order valence-electron chi connectivity index (χ4n) is 2.08. The Morgan fingerprint density at radius 1 is 1.32 bits per heavy atom. The average molecular weight is 272 g/mol. The van der Waals surface area contributed by atoms with Crippen molar-refractivity contribution in [3.8, 4) is 0 Å². The number of aliphatic carboxylic acids is 1. The Labute approximate surface area is 111 Å². The lowest BCUT2D eigenvalue weighted by atomic mass is 9.93. The molecule has 1 aliphatic rings. The lowest BCUT2D eigenvalue weighted by Gasteiger charge is -2.35. The van der Waals surface area contributed by atoms with Crippen molar-refractivity contribution in [1.82, 2.24) is 15.5 Å². The van der Waals surface area contributed by atoms with Crippen molar-refractivity contribution in [2.24, 2.45) is 11.7 Å². The maximum atomic E-state index is 11.9. The molecule has 0 aliphatic carbocycles. The summed E-state index contributed by atoms with van der Waals surface area (Å²) in [6.45, 7) is 2.82.